The summed E-state index contributed by atoms with van der Waals surface area (Å²) in [7, 11) is -2.22. The summed E-state index contributed by atoms with van der Waals surface area (Å²) in [5.41, 5.74) is 5.84. The number of fused-ring (bicyclic) bond motifs is 2. The molecule has 4 aromatic rings. The Morgan fingerprint density at radius 3 is 1.54 bits per heavy atom. The van der Waals surface area contributed by atoms with Gasteiger partial charge in [0.15, 0.2) is 0 Å². The number of methoxy groups -OCH3 is 2. The SMILES string of the molecule is COc1ccc2c(c1)O[Si-2]13(C)([N+]#CS)Oc4cc(OC)ccc4C(c4ccccc4)=[N+]1CC[N+]3=C2c1ccccc1. The van der Waals surface area contributed by atoms with Crippen molar-refractivity contribution >= 4 is 31.7 Å². The molecule has 1 spiro atoms. The molecule has 0 saturated carbocycles. The van der Waals surface area contributed by atoms with Crippen molar-refractivity contribution in [3.05, 3.63) is 124 Å². The van der Waals surface area contributed by atoms with Gasteiger partial charge in [0.1, 0.15) is 0 Å². The monoisotopic (exact) mass is 580 g/mol. The van der Waals surface area contributed by atoms with Crippen molar-refractivity contribution in [2.45, 2.75) is 6.55 Å². The Morgan fingerprint density at radius 1 is 0.707 bits per heavy atom. The average molecular weight is 581 g/mol. The van der Waals surface area contributed by atoms with E-state index >= 15 is 0 Å². The van der Waals surface area contributed by atoms with Gasteiger partial charge in [-0.1, -0.05) is 0 Å². The fourth-order valence-corrected chi connectivity index (χ4v) is 13.7. The van der Waals surface area contributed by atoms with E-state index in [1.165, 1.54) is 0 Å². The molecule has 0 amide bonds. The number of thiol groups is 1. The van der Waals surface area contributed by atoms with E-state index in [4.69, 9.17) is 22.8 Å². The van der Waals surface area contributed by atoms with Gasteiger partial charge in [0.25, 0.3) is 0 Å². The van der Waals surface area contributed by atoms with Crippen LogP contribution >= 0.6 is 12.6 Å². The van der Waals surface area contributed by atoms with E-state index in [2.05, 4.69) is 50.8 Å². The second kappa shape index (κ2) is 8.49. The van der Waals surface area contributed by atoms with Gasteiger partial charge < -0.3 is 0 Å². The van der Waals surface area contributed by atoms with E-state index in [9.17, 15) is 0 Å². The number of hydrogen-bond donors (Lipinski definition) is 1. The second-order valence-electron chi connectivity index (χ2n) is 10.9. The van der Waals surface area contributed by atoms with Crippen LogP contribution < -0.4 is 18.3 Å². The fraction of sp³-hybridized carbons (Fsp3) is 0.156. The topological polar surface area (TPSA) is 47.3 Å². The van der Waals surface area contributed by atoms with E-state index < -0.39 is 7.60 Å². The molecule has 0 aliphatic carbocycles. The van der Waals surface area contributed by atoms with Crippen molar-refractivity contribution in [3.63, 3.8) is 0 Å². The average Bonchev–Trinajstić information content (AvgIpc) is 3.28. The molecule has 1 saturated heterocycles. The van der Waals surface area contributed by atoms with Crippen molar-refractivity contribution in [2.24, 2.45) is 0 Å². The van der Waals surface area contributed by atoms with Gasteiger partial charge in [0, 0.05) is 0 Å². The van der Waals surface area contributed by atoms with Gasteiger partial charge in [-0.15, -0.1) is 0 Å². The summed E-state index contributed by atoms with van der Waals surface area (Å²) >= 11 is 4.47. The Morgan fingerprint density at radius 2 is 1.15 bits per heavy atom. The third kappa shape index (κ3) is 3.26. The van der Waals surface area contributed by atoms with E-state index in [0.29, 0.717) is 36.1 Å². The molecule has 0 bridgehead atoms. The molecule has 0 radical (unpaired) electrons. The summed E-state index contributed by atoms with van der Waals surface area (Å²) in [6.07, 6.45) is 0. The van der Waals surface area contributed by atoms with Crippen molar-refractivity contribution in [1.82, 2.24) is 0 Å². The van der Waals surface area contributed by atoms with Crippen molar-refractivity contribution in [2.75, 3.05) is 27.3 Å². The molecule has 0 atom stereocenters. The first-order valence-electron chi connectivity index (χ1n) is 13.5. The maximum atomic E-state index is 7.38. The summed E-state index contributed by atoms with van der Waals surface area (Å²) in [6, 6.07) is 32.4. The van der Waals surface area contributed by atoms with Crippen LogP contribution in [-0.4, -0.2) is 54.8 Å². The summed E-state index contributed by atoms with van der Waals surface area (Å²) in [5, 5.41) is 2.86. The van der Waals surface area contributed by atoms with Crippen LogP contribution in [0.4, 0.5) is 0 Å². The molecule has 3 heterocycles. The molecule has 9 heteroatoms. The molecule has 0 N–H and O–H groups in total. The summed E-state index contributed by atoms with van der Waals surface area (Å²) in [4.78, 5) is 0. The fourth-order valence-electron chi connectivity index (χ4n) is 6.85. The van der Waals surface area contributed by atoms with Crippen molar-refractivity contribution in [1.29, 1.82) is 0 Å². The van der Waals surface area contributed by atoms with E-state index in [1.807, 2.05) is 79.3 Å². The molecule has 4 aromatic carbocycles. The number of ether oxygens (including phenoxy) is 2. The van der Waals surface area contributed by atoms with Gasteiger partial charge in [-0.3, -0.25) is 0 Å². The minimum atomic E-state index is -5.52. The molecular formula is C32H30N3O4SSi+. The van der Waals surface area contributed by atoms with E-state index in [0.717, 1.165) is 33.7 Å². The Bertz CT molecular complexity index is 1770. The number of hydrogen-bond acceptors (Lipinski definition) is 5. The summed E-state index contributed by atoms with van der Waals surface area (Å²) in [6.45, 7) is 3.20. The predicted molar refractivity (Wildman–Crippen MR) is 165 cm³/mol. The van der Waals surface area contributed by atoms with Crippen molar-refractivity contribution in [3.8, 4) is 28.4 Å². The van der Waals surface area contributed by atoms with Crippen LogP contribution in [0, 0.1) is 5.40 Å². The summed E-state index contributed by atoms with van der Waals surface area (Å²) in [5.74, 6) is 2.57. The van der Waals surface area contributed by atoms with Crippen LogP contribution in [-0.2, 0) is 0 Å². The normalized spacial score (nSPS) is 20.0. The van der Waals surface area contributed by atoms with Crippen LogP contribution in [0.2, 0.25) is 6.55 Å². The zero-order valence-electron chi connectivity index (χ0n) is 23.1. The first-order valence-corrected chi connectivity index (χ1v) is 17.1. The Balaban J connectivity index is 1.71. The molecule has 3 aliphatic heterocycles. The molecule has 3 aliphatic rings. The number of thiocyanates is 1. The zero-order valence-corrected chi connectivity index (χ0v) is 25.0. The van der Waals surface area contributed by atoms with Gasteiger partial charge in [0.05, 0.1) is 0 Å². The number of rotatable bonds is 4. The molecule has 7 rings (SSSR count). The van der Waals surface area contributed by atoms with E-state index in [-0.39, 0.29) is 0 Å². The Hall–Kier alpha value is -4.52. The number of nitrogens with zero attached hydrogens (tertiary/aromatic N) is 3. The Kier molecular flexibility index (Phi) is 5.27. The Labute approximate surface area is 244 Å². The van der Waals surface area contributed by atoms with Crippen LogP contribution in [0.3, 0.4) is 0 Å². The standard InChI is InChI=1S/C32H30N3O4SSi/c1-36-25-14-16-27-29(20-25)38-41(3,33-22-40)34(31(27)23-10-6-4-7-11-23)18-19-35(41)32(24-12-8-5-9-13-24)28-17-15-26(37-2)21-30(28)39-41/h4-17,20-21,40H,18-19H2,1-3H3/q+1. The molecule has 7 nitrogen and oxygen atoms in total. The quantitative estimate of drug-likeness (QED) is 0.194. The zero-order chi connectivity index (χ0) is 28.3. The first kappa shape index (κ1) is 25.4. The van der Waals surface area contributed by atoms with Crippen molar-refractivity contribution < 1.29 is 26.8 Å². The third-order valence-corrected chi connectivity index (χ3v) is 15.1. The van der Waals surface area contributed by atoms with E-state index in [1.54, 1.807) is 14.2 Å². The maximum absolute atomic E-state index is 7.38. The molecule has 41 heavy (non-hydrogen) atoms. The molecule has 206 valence electrons. The molecule has 0 unspecified atom stereocenters. The second-order valence-corrected chi connectivity index (χ2v) is 16.8. The summed E-state index contributed by atoms with van der Waals surface area (Å²) < 4.78 is 35.7. The van der Waals surface area contributed by atoms with Crippen LogP contribution in [0.5, 0.6) is 23.0 Å². The van der Waals surface area contributed by atoms with Gasteiger partial charge >= 0.3 is 245 Å². The molecular weight excluding hydrogens is 551 g/mol. The predicted octanol–water partition coefficient (Wildman–Crippen LogP) is 5.59. The van der Waals surface area contributed by atoms with Gasteiger partial charge in [-0.25, -0.2) is 0 Å². The minimum absolute atomic E-state index is 0.594. The van der Waals surface area contributed by atoms with Gasteiger partial charge in [0.2, 0.25) is 0 Å². The molecule has 0 aromatic heterocycles. The van der Waals surface area contributed by atoms with Crippen LogP contribution in [0.25, 0.3) is 4.51 Å². The van der Waals surface area contributed by atoms with Gasteiger partial charge in [-0.2, -0.15) is 0 Å². The van der Waals surface area contributed by atoms with Crippen LogP contribution in [0.1, 0.15) is 22.3 Å². The first-order chi connectivity index (χ1) is 19.9. The number of benzene rings is 4. The third-order valence-electron chi connectivity index (χ3n) is 8.67. The van der Waals surface area contributed by atoms with Crippen LogP contribution in [0.15, 0.2) is 97.1 Å². The molecule has 1 fully saturated rings. The van der Waals surface area contributed by atoms with Gasteiger partial charge in [-0.05, 0) is 0 Å².